The maximum Gasteiger partial charge on any atom is 0.306 e. The van der Waals surface area contributed by atoms with Crippen LogP contribution in [-0.2, 0) is 4.79 Å². The molecule has 0 aliphatic carbocycles. The first-order chi connectivity index (χ1) is 13.1. The van der Waals surface area contributed by atoms with Gasteiger partial charge in [-0.05, 0) is 31.9 Å². The Morgan fingerprint density at radius 2 is 1.89 bits per heavy atom. The minimum Gasteiger partial charge on any atom is -0.481 e. The lowest BCUT2D eigenvalue weighted by Crippen LogP contribution is -2.37. The third kappa shape index (κ3) is 3.99. The zero-order valence-corrected chi connectivity index (χ0v) is 16.2. The second kappa shape index (κ2) is 8.39. The summed E-state index contributed by atoms with van der Waals surface area (Å²) >= 11 is 0. The lowest BCUT2D eigenvalue weighted by molar-refractivity contribution is -0.142. The first-order valence-corrected chi connectivity index (χ1v) is 8.95. The number of piperidine rings is 1. The van der Waals surface area contributed by atoms with Crippen LogP contribution in [0, 0.1) is 12.8 Å². The molecule has 1 N–H and O–H groups in total. The molecule has 8 heteroatoms. The van der Waals surface area contributed by atoms with Crippen LogP contribution < -0.4 is 4.90 Å². The summed E-state index contributed by atoms with van der Waals surface area (Å²) in [6.07, 6.45) is 2.92. The number of pyridine rings is 1. The quantitative estimate of drug-likeness (QED) is 0.711. The fraction of sp³-hybridized carbons (Fsp3) is 0.300. The second-order valence-corrected chi connectivity index (χ2v) is 6.76. The molecule has 1 aliphatic rings. The number of carboxylic acids is 1. The third-order valence-electron chi connectivity index (χ3n) is 4.90. The van der Waals surface area contributed by atoms with E-state index in [0.717, 1.165) is 16.9 Å². The average Bonchev–Trinajstić information content (AvgIpc) is 3.19. The molecule has 3 heterocycles. The number of aromatic nitrogens is 3. The lowest BCUT2D eigenvalue weighted by atomic mass is 9.97. The van der Waals surface area contributed by atoms with Gasteiger partial charge in [-0.25, -0.2) is 4.98 Å². The number of rotatable bonds is 4. The second-order valence-electron chi connectivity index (χ2n) is 6.76. The van der Waals surface area contributed by atoms with Crippen molar-refractivity contribution in [3.8, 4) is 22.8 Å². The first-order valence-electron chi connectivity index (χ1n) is 8.95. The Kier molecular flexibility index (Phi) is 5.94. The van der Waals surface area contributed by atoms with Crippen LogP contribution in [0.1, 0.15) is 18.4 Å². The van der Waals surface area contributed by atoms with Gasteiger partial charge in [-0.1, -0.05) is 35.0 Å². The van der Waals surface area contributed by atoms with Crippen molar-refractivity contribution in [3.05, 3.63) is 48.2 Å². The first kappa shape index (κ1) is 19.8. The number of carbonyl (C=O) groups is 1. The molecule has 146 valence electrons. The van der Waals surface area contributed by atoms with Crippen LogP contribution in [0.3, 0.4) is 0 Å². The molecule has 1 aliphatic heterocycles. The van der Waals surface area contributed by atoms with Crippen LogP contribution in [-0.4, -0.2) is 39.3 Å². The van der Waals surface area contributed by atoms with Crippen LogP contribution in [0.15, 0.2) is 47.1 Å². The normalized spacial score (nSPS) is 14.5. The van der Waals surface area contributed by atoms with Gasteiger partial charge in [-0.15, -0.1) is 12.4 Å². The van der Waals surface area contributed by atoms with E-state index in [-0.39, 0.29) is 18.3 Å². The molecule has 4 rings (SSSR count). The van der Waals surface area contributed by atoms with Crippen molar-refractivity contribution in [2.45, 2.75) is 19.8 Å². The standard InChI is InChI=1S/C20H20N4O3.ClH/c1-13-4-6-14(7-5-13)17-22-19(27-23-17)16-3-2-10-21-18(16)24-11-8-15(9-12-24)20(25)26;/h2-7,10,15H,8-9,11-12H2,1H3,(H,25,26);1H. The highest BCUT2D eigenvalue weighted by atomic mass is 35.5. The maximum atomic E-state index is 11.2. The Labute approximate surface area is 168 Å². The Morgan fingerprint density at radius 1 is 1.18 bits per heavy atom. The summed E-state index contributed by atoms with van der Waals surface area (Å²) in [5.41, 5.74) is 2.82. The molecule has 1 saturated heterocycles. The molecule has 0 spiro atoms. The van der Waals surface area contributed by atoms with Crippen LogP contribution in [0.4, 0.5) is 5.82 Å². The highest BCUT2D eigenvalue weighted by Crippen LogP contribution is 2.31. The number of hydrogen-bond acceptors (Lipinski definition) is 6. The van der Waals surface area contributed by atoms with E-state index in [2.05, 4.69) is 20.0 Å². The Balaban J connectivity index is 0.00000225. The predicted molar refractivity (Wildman–Crippen MR) is 108 cm³/mol. The van der Waals surface area contributed by atoms with E-state index in [1.165, 1.54) is 5.56 Å². The zero-order valence-electron chi connectivity index (χ0n) is 15.4. The molecule has 0 atom stereocenters. The van der Waals surface area contributed by atoms with Gasteiger partial charge in [-0.2, -0.15) is 4.98 Å². The van der Waals surface area contributed by atoms with E-state index in [4.69, 9.17) is 4.52 Å². The van der Waals surface area contributed by atoms with Gasteiger partial charge in [0.2, 0.25) is 5.82 Å². The molecule has 0 radical (unpaired) electrons. The van der Waals surface area contributed by atoms with Crippen molar-refractivity contribution in [1.82, 2.24) is 15.1 Å². The van der Waals surface area contributed by atoms with Crippen molar-refractivity contribution in [2.75, 3.05) is 18.0 Å². The van der Waals surface area contributed by atoms with Crippen molar-refractivity contribution in [2.24, 2.45) is 5.92 Å². The molecular weight excluding hydrogens is 380 g/mol. The van der Waals surface area contributed by atoms with Crippen LogP contribution >= 0.6 is 12.4 Å². The SMILES string of the molecule is Cc1ccc(-c2noc(-c3cccnc3N3CCC(C(=O)O)CC3)n2)cc1.Cl. The highest BCUT2D eigenvalue weighted by molar-refractivity contribution is 5.85. The van der Waals surface area contributed by atoms with E-state index in [1.807, 2.05) is 43.3 Å². The molecule has 7 nitrogen and oxygen atoms in total. The summed E-state index contributed by atoms with van der Waals surface area (Å²) in [5, 5.41) is 13.3. The summed E-state index contributed by atoms with van der Waals surface area (Å²) in [6.45, 7) is 3.31. The van der Waals surface area contributed by atoms with Gasteiger partial charge in [0.1, 0.15) is 5.82 Å². The summed E-state index contributed by atoms with van der Waals surface area (Å²) in [5.74, 6) is 0.680. The fourth-order valence-electron chi connectivity index (χ4n) is 3.31. The molecule has 0 saturated carbocycles. The predicted octanol–water partition coefficient (Wildman–Crippen LogP) is 3.83. The van der Waals surface area contributed by atoms with Crippen LogP contribution in [0.25, 0.3) is 22.8 Å². The minimum absolute atomic E-state index is 0. The number of anilines is 1. The van der Waals surface area contributed by atoms with Crippen molar-refractivity contribution in [3.63, 3.8) is 0 Å². The lowest BCUT2D eigenvalue weighted by Gasteiger charge is -2.31. The average molecular weight is 401 g/mol. The number of halogens is 1. The van der Waals surface area contributed by atoms with Gasteiger partial charge in [0.15, 0.2) is 0 Å². The van der Waals surface area contributed by atoms with E-state index in [1.54, 1.807) is 6.20 Å². The number of benzene rings is 1. The number of nitrogens with zero attached hydrogens (tertiary/aromatic N) is 4. The molecular formula is C20H21ClN4O3. The number of aliphatic carboxylic acids is 1. The Morgan fingerprint density at radius 3 is 2.57 bits per heavy atom. The summed E-state index contributed by atoms with van der Waals surface area (Å²) in [7, 11) is 0. The summed E-state index contributed by atoms with van der Waals surface area (Å²) in [4.78, 5) is 22.3. The molecule has 28 heavy (non-hydrogen) atoms. The van der Waals surface area contributed by atoms with Crippen molar-refractivity contribution in [1.29, 1.82) is 0 Å². The van der Waals surface area contributed by atoms with Gasteiger partial charge in [0.25, 0.3) is 5.89 Å². The highest BCUT2D eigenvalue weighted by Gasteiger charge is 2.27. The van der Waals surface area contributed by atoms with E-state index in [9.17, 15) is 9.90 Å². The number of aryl methyl sites for hydroxylation is 1. The van der Waals surface area contributed by atoms with Gasteiger partial charge >= 0.3 is 5.97 Å². The molecule has 0 bridgehead atoms. The Hall–Kier alpha value is -2.93. The molecule has 1 fully saturated rings. The number of hydrogen-bond donors (Lipinski definition) is 1. The Bertz CT molecular complexity index is 950. The smallest absolute Gasteiger partial charge is 0.306 e. The molecule has 1 aromatic carbocycles. The molecule has 0 amide bonds. The zero-order chi connectivity index (χ0) is 18.8. The topological polar surface area (TPSA) is 92.4 Å². The van der Waals surface area contributed by atoms with Gasteiger partial charge < -0.3 is 14.5 Å². The van der Waals surface area contributed by atoms with Gasteiger partial charge in [-0.3, -0.25) is 4.79 Å². The fourth-order valence-corrected chi connectivity index (χ4v) is 3.31. The minimum atomic E-state index is -0.726. The molecule has 0 unspecified atom stereocenters. The summed E-state index contributed by atoms with van der Waals surface area (Å²) < 4.78 is 5.50. The summed E-state index contributed by atoms with van der Waals surface area (Å²) in [6, 6.07) is 11.7. The third-order valence-corrected chi connectivity index (χ3v) is 4.90. The molecule has 3 aromatic rings. The number of carboxylic acid groups (broad SMARTS) is 1. The largest absolute Gasteiger partial charge is 0.481 e. The van der Waals surface area contributed by atoms with Crippen LogP contribution in [0.2, 0.25) is 0 Å². The van der Waals surface area contributed by atoms with Crippen LogP contribution in [0.5, 0.6) is 0 Å². The van der Waals surface area contributed by atoms with E-state index >= 15 is 0 Å². The van der Waals surface area contributed by atoms with E-state index < -0.39 is 5.97 Å². The van der Waals surface area contributed by atoms with Gasteiger partial charge in [0.05, 0.1) is 11.5 Å². The molecule has 2 aromatic heterocycles. The van der Waals surface area contributed by atoms with Crippen molar-refractivity contribution >= 4 is 24.2 Å². The van der Waals surface area contributed by atoms with Crippen molar-refractivity contribution < 1.29 is 14.4 Å². The monoisotopic (exact) mass is 400 g/mol. The van der Waals surface area contributed by atoms with Gasteiger partial charge in [0, 0.05) is 24.8 Å². The van der Waals surface area contributed by atoms with E-state index in [0.29, 0.717) is 37.6 Å². The maximum absolute atomic E-state index is 11.2.